The summed E-state index contributed by atoms with van der Waals surface area (Å²) in [6.07, 6.45) is 2.32. The predicted molar refractivity (Wildman–Crippen MR) is 89.6 cm³/mol. The lowest BCUT2D eigenvalue weighted by molar-refractivity contribution is -0.144. The van der Waals surface area contributed by atoms with Crippen molar-refractivity contribution in [3.63, 3.8) is 0 Å². The molecule has 21 heavy (non-hydrogen) atoms. The molecular weight excluding hydrogens is 405 g/mol. The van der Waals surface area contributed by atoms with Crippen molar-refractivity contribution in [1.29, 1.82) is 0 Å². The maximum Gasteiger partial charge on any atom is 0.326 e. The standard InChI is InChI=1S/C15H17ClINO3/c1-2-9-5-6-18(13(7-9)15(20)21)14(19)11-8-10(16)3-4-12(11)17/h3-4,8-9,13H,2,5-7H2,1H3,(H,20,21). The molecule has 1 aromatic rings. The van der Waals surface area contributed by atoms with Crippen LogP contribution in [0.25, 0.3) is 0 Å². The van der Waals surface area contributed by atoms with Crippen LogP contribution in [0.15, 0.2) is 18.2 Å². The normalized spacial score (nSPS) is 22.1. The molecule has 0 radical (unpaired) electrons. The number of hydrogen-bond donors (Lipinski definition) is 1. The van der Waals surface area contributed by atoms with Crippen molar-refractivity contribution >= 4 is 46.1 Å². The van der Waals surface area contributed by atoms with E-state index in [2.05, 4.69) is 29.5 Å². The molecule has 0 aliphatic carbocycles. The number of carbonyl (C=O) groups is 2. The smallest absolute Gasteiger partial charge is 0.326 e. The van der Waals surface area contributed by atoms with Gasteiger partial charge in [-0.15, -0.1) is 0 Å². The highest BCUT2D eigenvalue weighted by molar-refractivity contribution is 14.1. The van der Waals surface area contributed by atoms with E-state index >= 15 is 0 Å². The van der Waals surface area contributed by atoms with Gasteiger partial charge in [-0.1, -0.05) is 24.9 Å². The summed E-state index contributed by atoms with van der Waals surface area (Å²) >= 11 is 8.02. The summed E-state index contributed by atoms with van der Waals surface area (Å²) in [5.74, 6) is -0.809. The molecule has 1 fully saturated rings. The second-order valence-electron chi connectivity index (χ2n) is 5.28. The van der Waals surface area contributed by atoms with E-state index in [1.807, 2.05) is 0 Å². The summed E-state index contributed by atoms with van der Waals surface area (Å²) in [5.41, 5.74) is 0.476. The summed E-state index contributed by atoms with van der Waals surface area (Å²) in [6, 6.07) is 4.35. The summed E-state index contributed by atoms with van der Waals surface area (Å²) < 4.78 is 0.781. The zero-order chi connectivity index (χ0) is 15.6. The van der Waals surface area contributed by atoms with Crippen LogP contribution < -0.4 is 0 Å². The first kappa shape index (κ1) is 16.5. The molecule has 2 rings (SSSR count). The van der Waals surface area contributed by atoms with Crippen molar-refractivity contribution < 1.29 is 14.7 Å². The number of hydrogen-bond acceptors (Lipinski definition) is 2. The number of aliphatic carboxylic acids is 1. The van der Waals surface area contributed by atoms with E-state index in [4.69, 9.17) is 11.6 Å². The summed E-state index contributed by atoms with van der Waals surface area (Å²) in [4.78, 5) is 25.6. The van der Waals surface area contributed by atoms with Crippen molar-refractivity contribution in [3.05, 3.63) is 32.4 Å². The van der Waals surface area contributed by atoms with Crippen LogP contribution in [0.1, 0.15) is 36.5 Å². The number of carboxylic acid groups (broad SMARTS) is 1. The Balaban J connectivity index is 2.28. The number of carboxylic acids is 1. The van der Waals surface area contributed by atoms with Gasteiger partial charge < -0.3 is 10.0 Å². The fourth-order valence-corrected chi connectivity index (χ4v) is 3.44. The molecule has 2 unspecified atom stereocenters. The van der Waals surface area contributed by atoms with Crippen molar-refractivity contribution in [2.24, 2.45) is 5.92 Å². The molecule has 6 heteroatoms. The third-order valence-electron chi connectivity index (χ3n) is 3.99. The zero-order valence-corrected chi connectivity index (χ0v) is 14.6. The van der Waals surface area contributed by atoms with Crippen LogP contribution >= 0.6 is 34.2 Å². The Labute approximate surface area is 142 Å². The van der Waals surface area contributed by atoms with Crippen molar-refractivity contribution in [1.82, 2.24) is 4.90 Å². The van der Waals surface area contributed by atoms with Crippen LogP contribution in [-0.2, 0) is 4.79 Å². The van der Waals surface area contributed by atoms with Crippen LogP contribution in [0.5, 0.6) is 0 Å². The summed E-state index contributed by atoms with van der Waals surface area (Å²) in [6.45, 7) is 2.54. The molecule has 1 saturated heterocycles. The highest BCUT2D eigenvalue weighted by atomic mass is 127. The molecule has 1 heterocycles. The third kappa shape index (κ3) is 3.69. The van der Waals surface area contributed by atoms with Crippen LogP contribution in [0.2, 0.25) is 5.02 Å². The molecule has 114 valence electrons. The van der Waals surface area contributed by atoms with Gasteiger partial charge >= 0.3 is 5.97 Å². The van der Waals surface area contributed by atoms with Gasteiger partial charge in [0.1, 0.15) is 6.04 Å². The SMILES string of the molecule is CCC1CCN(C(=O)c2cc(Cl)ccc2I)C(C(=O)O)C1. The molecule has 0 bridgehead atoms. The molecule has 1 amide bonds. The van der Waals surface area contributed by atoms with Gasteiger partial charge in [0.05, 0.1) is 5.56 Å². The van der Waals surface area contributed by atoms with E-state index in [9.17, 15) is 14.7 Å². The van der Waals surface area contributed by atoms with Crippen LogP contribution in [0.3, 0.4) is 0 Å². The minimum Gasteiger partial charge on any atom is -0.480 e. The van der Waals surface area contributed by atoms with Gasteiger partial charge in [0, 0.05) is 15.1 Å². The lowest BCUT2D eigenvalue weighted by Gasteiger charge is -2.37. The van der Waals surface area contributed by atoms with Gasteiger partial charge in [-0.05, 0) is 59.5 Å². The minimum absolute atomic E-state index is 0.246. The number of carbonyl (C=O) groups excluding carboxylic acids is 1. The Hall–Kier alpha value is -0.820. The first-order chi connectivity index (χ1) is 9.93. The van der Waals surface area contributed by atoms with Crippen molar-refractivity contribution in [3.8, 4) is 0 Å². The lowest BCUT2D eigenvalue weighted by atomic mass is 9.88. The van der Waals surface area contributed by atoms with E-state index in [0.29, 0.717) is 29.5 Å². The number of likely N-dealkylation sites (tertiary alicyclic amines) is 1. The van der Waals surface area contributed by atoms with E-state index < -0.39 is 12.0 Å². The van der Waals surface area contributed by atoms with Crippen molar-refractivity contribution in [2.45, 2.75) is 32.2 Å². The zero-order valence-electron chi connectivity index (χ0n) is 11.7. The molecule has 1 aliphatic rings. The molecule has 0 aromatic heterocycles. The van der Waals surface area contributed by atoms with Gasteiger partial charge in [-0.2, -0.15) is 0 Å². The summed E-state index contributed by atoms with van der Waals surface area (Å²) in [7, 11) is 0. The largest absolute Gasteiger partial charge is 0.480 e. The number of amides is 1. The number of halogens is 2. The van der Waals surface area contributed by atoms with Gasteiger partial charge in [0.25, 0.3) is 5.91 Å². The molecule has 0 saturated carbocycles. The van der Waals surface area contributed by atoms with Crippen LogP contribution in [0.4, 0.5) is 0 Å². The average molecular weight is 422 g/mol. The maximum absolute atomic E-state index is 12.7. The number of piperidine rings is 1. The molecule has 1 N–H and O–H groups in total. The number of benzene rings is 1. The monoisotopic (exact) mass is 421 g/mol. The Morgan fingerprint density at radius 3 is 2.81 bits per heavy atom. The van der Waals surface area contributed by atoms with Crippen LogP contribution in [0, 0.1) is 9.49 Å². The average Bonchev–Trinajstić information content (AvgIpc) is 2.48. The van der Waals surface area contributed by atoms with Crippen molar-refractivity contribution in [2.75, 3.05) is 6.54 Å². The fraction of sp³-hybridized carbons (Fsp3) is 0.467. The quantitative estimate of drug-likeness (QED) is 0.758. The Kier molecular flexibility index (Phi) is 5.48. The Morgan fingerprint density at radius 2 is 2.19 bits per heavy atom. The van der Waals surface area contributed by atoms with Gasteiger partial charge in [0.15, 0.2) is 0 Å². The third-order valence-corrected chi connectivity index (χ3v) is 5.17. The van der Waals surface area contributed by atoms with E-state index in [0.717, 1.165) is 16.4 Å². The first-order valence-electron chi connectivity index (χ1n) is 6.92. The highest BCUT2D eigenvalue weighted by Gasteiger charge is 2.36. The molecule has 0 spiro atoms. The predicted octanol–water partition coefficient (Wildman–Crippen LogP) is 3.66. The Bertz CT molecular complexity index is 564. The molecule has 4 nitrogen and oxygen atoms in total. The minimum atomic E-state index is -0.932. The number of nitrogens with zero attached hydrogens (tertiary/aromatic N) is 1. The van der Waals surface area contributed by atoms with E-state index in [1.54, 1.807) is 18.2 Å². The fourth-order valence-electron chi connectivity index (χ4n) is 2.70. The molecule has 1 aliphatic heterocycles. The molecule has 2 atom stereocenters. The van der Waals surface area contributed by atoms with E-state index in [1.165, 1.54) is 4.90 Å². The molecular formula is C15H17ClINO3. The topological polar surface area (TPSA) is 57.6 Å². The molecule has 1 aromatic carbocycles. The second-order valence-corrected chi connectivity index (χ2v) is 6.87. The van der Waals surface area contributed by atoms with Gasteiger partial charge in [-0.3, -0.25) is 4.79 Å². The summed E-state index contributed by atoms with van der Waals surface area (Å²) in [5, 5.41) is 9.90. The number of rotatable bonds is 3. The van der Waals surface area contributed by atoms with Gasteiger partial charge in [0.2, 0.25) is 0 Å². The van der Waals surface area contributed by atoms with Gasteiger partial charge in [-0.25, -0.2) is 4.79 Å². The van der Waals surface area contributed by atoms with E-state index in [-0.39, 0.29) is 5.91 Å². The maximum atomic E-state index is 12.7. The highest BCUT2D eigenvalue weighted by Crippen LogP contribution is 2.28. The van der Waals surface area contributed by atoms with Crippen LogP contribution in [-0.4, -0.2) is 34.5 Å². The first-order valence-corrected chi connectivity index (χ1v) is 8.38. The lowest BCUT2D eigenvalue weighted by Crippen LogP contribution is -2.50. The Morgan fingerprint density at radius 1 is 1.48 bits per heavy atom. The second kappa shape index (κ2) is 6.96.